The van der Waals surface area contributed by atoms with E-state index in [1.54, 1.807) is 12.3 Å². The molecule has 1 amide bonds. The molecule has 3 aromatic rings. The number of aryl methyl sites for hydroxylation is 2. The number of fused-ring (bicyclic) bond motifs is 2. The minimum absolute atomic E-state index is 0.0185. The highest BCUT2D eigenvalue weighted by Gasteiger charge is 2.17. The van der Waals surface area contributed by atoms with Crippen LogP contribution in [0, 0.1) is 13.8 Å². The molecule has 0 spiro atoms. The lowest BCUT2D eigenvalue weighted by atomic mass is 10.0. The van der Waals surface area contributed by atoms with E-state index in [0.29, 0.717) is 16.7 Å². The van der Waals surface area contributed by atoms with Crippen LogP contribution in [0.5, 0.6) is 0 Å². The van der Waals surface area contributed by atoms with Crippen molar-refractivity contribution in [3.05, 3.63) is 45.5 Å². The van der Waals surface area contributed by atoms with E-state index in [1.807, 2.05) is 33.8 Å². The highest BCUT2D eigenvalue weighted by atomic mass is 16.4. The monoisotopic (exact) mass is 313 g/mol. The summed E-state index contributed by atoms with van der Waals surface area (Å²) >= 11 is 0. The van der Waals surface area contributed by atoms with E-state index < -0.39 is 5.63 Å². The number of amides is 1. The van der Waals surface area contributed by atoms with Gasteiger partial charge >= 0.3 is 5.63 Å². The lowest BCUT2D eigenvalue weighted by molar-refractivity contribution is -0.120. The molecule has 0 saturated carbocycles. The van der Waals surface area contributed by atoms with Crippen LogP contribution in [-0.2, 0) is 11.2 Å². The molecule has 0 atom stereocenters. The molecule has 23 heavy (non-hydrogen) atoms. The second-order valence-corrected chi connectivity index (χ2v) is 6.16. The maximum atomic E-state index is 12.2. The first kappa shape index (κ1) is 15.3. The van der Waals surface area contributed by atoms with Crippen LogP contribution in [0.2, 0.25) is 0 Å². The summed E-state index contributed by atoms with van der Waals surface area (Å²) in [5.74, 6) is -0.185. The van der Waals surface area contributed by atoms with Gasteiger partial charge in [-0.15, -0.1) is 0 Å². The highest BCUT2D eigenvalue weighted by Crippen LogP contribution is 2.28. The van der Waals surface area contributed by atoms with Crippen molar-refractivity contribution in [3.63, 3.8) is 0 Å². The molecule has 0 aliphatic heterocycles. The van der Waals surface area contributed by atoms with Gasteiger partial charge in [0.2, 0.25) is 5.91 Å². The van der Waals surface area contributed by atoms with Crippen molar-refractivity contribution in [1.29, 1.82) is 0 Å². The molecule has 0 bridgehead atoms. The van der Waals surface area contributed by atoms with Crippen LogP contribution in [-0.4, -0.2) is 11.9 Å². The number of hydrogen-bond acceptors (Lipinski definition) is 4. The zero-order valence-corrected chi connectivity index (χ0v) is 13.6. The normalized spacial score (nSPS) is 11.5. The van der Waals surface area contributed by atoms with Crippen LogP contribution in [0.1, 0.15) is 30.5 Å². The zero-order valence-electron chi connectivity index (χ0n) is 13.6. The van der Waals surface area contributed by atoms with Crippen LogP contribution < -0.4 is 10.9 Å². The minimum Gasteiger partial charge on any atom is -0.464 e. The van der Waals surface area contributed by atoms with E-state index in [2.05, 4.69) is 5.32 Å². The number of rotatable bonds is 3. The predicted molar refractivity (Wildman–Crippen MR) is 88.7 cm³/mol. The van der Waals surface area contributed by atoms with Gasteiger partial charge in [0.25, 0.3) is 0 Å². The maximum Gasteiger partial charge on any atom is 0.340 e. The third-order valence-electron chi connectivity index (χ3n) is 3.96. The Balaban J connectivity index is 2.15. The van der Waals surface area contributed by atoms with Crippen molar-refractivity contribution >= 4 is 27.8 Å². The van der Waals surface area contributed by atoms with Gasteiger partial charge in [-0.25, -0.2) is 4.79 Å². The van der Waals surface area contributed by atoms with E-state index >= 15 is 0 Å². The van der Waals surface area contributed by atoms with E-state index in [1.165, 1.54) is 0 Å². The molecule has 3 rings (SSSR count). The summed E-state index contributed by atoms with van der Waals surface area (Å²) in [6.45, 7) is 7.57. The van der Waals surface area contributed by atoms with Gasteiger partial charge in [-0.3, -0.25) is 4.79 Å². The molecule has 5 nitrogen and oxygen atoms in total. The fourth-order valence-corrected chi connectivity index (χ4v) is 2.78. The summed E-state index contributed by atoms with van der Waals surface area (Å²) in [4.78, 5) is 24.2. The average molecular weight is 313 g/mol. The Morgan fingerprint density at radius 2 is 1.91 bits per heavy atom. The van der Waals surface area contributed by atoms with Crippen LogP contribution >= 0.6 is 0 Å². The summed E-state index contributed by atoms with van der Waals surface area (Å²) < 4.78 is 10.9. The topological polar surface area (TPSA) is 72.5 Å². The van der Waals surface area contributed by atoms with E-state index in [0.717, 1.165) is 21.9 Å². The Kier molecular flexibility index (Phi) is 3.72. The van der Waals surface area contributed by atoms with Gasteiger partial charge in [0.15, 0.2) is 0 Å². The Morgan fingerprint density at radius 1 is 1.17 bits per heavy atom. The molecule has 0 fully saturated rings. The number of carbonyl (C=O) groups excluding carboxylic acids is 1. The second-order valence-electron chi connectivity index (χ2n) is 6.16. The quantitative estimate of drug-likeness (QED) is 0.754. The van der Waals surface area contributed by atoms with Crippen LogP contribution in [0.3, 0.4) is 0 Å². The Labute approximate surface area is 133 Å². The van der Waals surface area contributed by atoms with Crippen molar-refractivity contribution in [2.45, 2.75) is 40.2 Å². The third kappa shape index (κ3) is 2.74. The molecule has 0 unspecified atom stereocenters. The van der Waals surface area contributed by atoms with E-state index in [9.17, 15) is 9.59 Å². The lowest BCUT2D eigenvalue weighted by Gasteiger charge is -2.10. The molecule has 0 aliphatic rings. The highest BCUT2D eigenvalue weighted by molar-refractivity contribution is 5.96. The summed E-state index contributed by atoms with van der Waals surface area (Å²) in [5.41, 5.74) is 2.88. The van der Waals surface area contributed by atoms with Crippen LogP contribution in [0.15, 0.2) is 32.0 Å². The zero-order chi connectivity index (χ0) is 16.7. The predicted octanol–water partition coefficient (Wildman–Crippen LogP) is 3.22. The van der Waals surface area contributed by atoms with Gasteiger partial charge in [-0.2, -0.15) is 0 Å². The number of furan rings is 1. The molecule has 2 aromatic heterocycles. The molecule has 2 heterocycles. The molecular formula is C18H19NO4. The first-order valence-electron chi connectivity index (χ1n) is 7.60. The summed E-state index contributed by atoms with van der Waals surface area (Å²) in [6, 6.07) is 3.71. The Morgan fingerprint density at radius 3 is 2.61 bits per heavy atom. The maximum absolute atomic E-state index is 12.2. The number of hydrogen-bond donors (Lipinski definition) is 1. The fourth-order valence-electron chi connectivity index (χ4n) is 2.78. The van der Waals surface area contributed by atoms with Crippen molar-refractivity contribution < 1.29 is 13.6 Å². The van der Waals surface area contributed by atoms with Crippen LogP contribution in [0.4, 0.5) is 0 Å². The third-order valence-corrected chi connectivity index (χ3v) is 3.96. The van der Waals surface area contributed by atoms with E-state index in [4.69, 9.17) is 8.83 Å². The van der Waals surface area contributed by atoms with Crippen molar-refractivity contribution in [2.75, 3.05) is 0 Å². The van der Waals surface area contributed by atoms with Crippen molar-refractivity contribution in [2.24, 2.45) is 0 Å². The second kappa shape index (κ2) is 5.57. The van der Waals surface area contributed by atoms with Crippen molar-refractivity contribution in [1.82, 2.24) is 5.32 Å². The molecule has 0 saturated heterocycles. The molecule has 1 N–H and O–H groups in total. The van der Waals surface area contributed by atoms with E-state index in [-0.39, 0.29) is 18.4 Å². The molecule has 1 aromatic carbocycles. The average Bonchev–Trinajstić information content (AvgIpc) is 2.82. The fraction of sp³-hybridized carbons (Fsp3) is 0.333. The van der Waals surface area contributed by atoms with Gasteiger partial charge < -0.3 is 14.2 Å². The summed E-state index contributed by atoms with van der Waals surface area (Å²) in [7, 11) is 0. The van der Waals surface area contributed by atoms with Crippen molar-refractivity contribution in [3.8, 4) is 0 Å². The van der Waals surface area contributed by atoms with Gasteiger partial charge in [0, 0.05) is 22.9 Å². The van der Waals surface area contributed by atoms with Gasteiger partial charge in [0.05, 0.1) is 18.2 Å². The number of nitrogens with one attached hydrogen (secondary N) is 1. The smallest absolute Gasteiger partial charge is 0.340 e. The lowest BCUT2D eigenvalue weighted by Crippen LogP contribution is -2.33. The summed E-state index contributed by atoms with van der Waals surface area (Å²) in [5, 5.41) is 4.60. The van der Waals surface area contributed by atoms with Gasteiger partial charge in [-0.1, -0.05) is 0 Å². The van der Waals surface area contributed by atoms with Crippen LogP contribution in [0.25, 0.3) is 21.9 Å². The molecular weight excluding hydrogens is 294 g/mol. The minimum atomic E-state index is -0.475. The molecule has 0 aliphatic carbocycles. The molecule has 120 valence electrons. The number of carbonyl (C=O) groups is 1. The first-order chi connectivity index (χ1) is 10.9. The summed E-state index contributed by atoms with van der Waals surface area (Å²) in [6.07, 6.45) is 1.69. The molecule has 5 heteroatoms. The largest absolute Gasteiger partial charge is 0.464 e. The Bertz CT molecular complexity index is 962. The number of benzene rings is 1. The van der Waals surface area contributed by atoms with Gasteiger partial charge in [0.1, 0.15) is 11.2 Å². The van der Waals surface area contributed by atoms with Gasteiger partial charge in [-0.05, 0) is 44.9 Å². The standard InChI is InChI=1S/C18H19NO4/c1-9(2)19-17(20)6-14-11(4)13-5-12-10(3)8-22-15(12)7-16(13)23-18(14)21/h5,7-9H,6H2,1-4H3,(H,19,20). The SMILES string of the molecule is Cc1coc2cc3oc(=O)c(CC(=O)NC(C)C)c(C)c3cc12. The Hall–Kier alpha value is -2.56. The molecule has 0 radical (unpaired) electrons. The first-order valence-corrected chi connectivity index (χ1v) is 7.60.